The maximum absolute atomic E-state index is 11.6. The van der Waals surface area contributed by atoms with Gasteiger partial charge in [-0.1, -0.05) is 6.92 Å². The van der Waals surface area contributed by atoms with Crippen LogP contribution >= 0.6 is 23.1 Å². The fourth-order valence-electron chi connectivity index (χ4n) is 2.54. The predicted octanol–water partition coefficient (Wildman–Crippen LogP) is 3.93. The van der Waals surface area contributed by atoms with Gasteiger partial charge in [0.2, 0.25) is 0 Å². The summed E-state index contributed by atoms with van der Waals surface area (Å²) >= 11 is 3.24. The molecule has 0 aliphatic rings. The molecule has 1 unspecified atom stereocenters. The summed E-state index contributed by atoms with van der Waals surface area (Å²) in [5.74, 6) is 1.00. The summed E-state index contributed by atoms with van der Waals surface area (Å²) in [5, 5.41) is 13.5. The number of anilines is 1. The molecule has 0 amide bonds. The third kappa shape index (κ3) is 4.13. The molecule has 8 heteroatoms. The third-order valence-electron chi connectivity index (χ3n) is 3.93. The molecular weight excluding hydrogens is 368 g/mol. The molecule has 0 bridgehead atoms. The summed E-state index contributed by atoms with van der Waals surface area (Å²) in [7, 11) is 0. The van der Waals surface area contributed by atoms with Gasteiger partial charge in [0.25, 0.3) is 0 Å². The molecule has 0 radical (unpaired) electrons. The molecule has 0 saturated carbocycles. The number of nitrogens with zero attached hydrogens (tertiary/aromatic N) is 3. The number of hydrogen-bond acceptors (Lipinski definition) is 7. The van der Waals surface area contributed by atoms with E-state index in [9.17, 15) is 9.90 Å². The van der Waals surface area contributed by atoms with Crippen LogP contribution in [0.2, 0.25) is 0 Å². The monoisotopic (exact) mass is 388 g/mol. The van der Waals surface area contributed by atoms with E-state index in [0.717, 1.165) is 28.0 Å². The van der Waals surface area contributed by atoms with E-state index < -0.39 is 12.0 Å². The standard InChI is InChI=1S/C18H20N4O2S2/c1-3-12-9-13-16(20-14(18(23)24)6-8-25-2)21-15(22-17(13)26-12)11-5-4-7-19-10-11/h4-5,7,9-10,14H,3,6,8H2,1-2H3,(H,23,24)(H,20,21,22). The maximum Gasteiger partial charge on any atom is 0.326 e. The van der Waals surface area contributed by atoms with Crippen LogP contribution in [0, 0.1) is 0 Å². The van der Waals surface area contributed by atoms with E-state index in [-0.39, 0.29) is 0 Å². The lowest BCUT2D eigenvalue weighted by atomic mass is 10.2. The number of aromatic nitrogens is 3. The molecule has 26 heavy (non-hydrogen) atoms. The van der Waals surface area contributed by atoms with Gasteiger partial charge < -0.3 is 10.4 Å². The van der Waals surface area contributed by atoms with Gasteiger partial charge in [-0.2, -0.15) is 11.8 Å². The van der Waals surface area contributed by atoms with Crippen LogP contribution in [0.4, 0.5) is 5.82 Å². The Morgan fingerprint density at radius 3 is 2.92 bits per heavy atom. The van der Waals surface area contributed by atoms with Crippen LogP contribution in [0.1, 0.15) is 18.2 Å². The minimum absolute atomic E-state index is 0.523. The van der Waals surface area contributed by atoms with E-state index in [1.165, 1.54) is 4.88 Å². The molecule has 0 aromatic carbocycles. The average molecular weight is 389 g/mol. The number of pyridine rings is 1. The highest BCUT2D eigenvalue weighted by atomic mass is 32.2. The zero-order valence-electron chi connectivity index (χ0n) is 14.6. The third-order valence-corrected chi connectivity index (χ3v) is 5.75. The maximum atomic E-state index is 11.6. The van der Waals surface area contributed by atoms with Gasteiger partial charge in [0, 0.05) is 22.8 Å². The van der Waals surface area contributed by atoms with Gasteiger partial charge >= 0.3 is 5.97 Å². The zero-order chi connectivity index (χ0) is 18.5. The van der Waals surface area contributed by atoms with E-state index in [1.54, 1.807) is 35.5 Å². The van der Waals surface area contributed by atoms with Crippen molar-refractivity contribution in [1.29, 1.82) is 0 Å². The molecular formula is C18H20N4O2S2. The number of carboxylic acids is 1. The smallest absolute Gasteiger partial charge is 0.326 e. The Morgan fingerprint density at radius 2 is 2.27 bits per heavy atom. The fourth-order valence-corrected chi connectivity index (χ4v) is 3.98. The highest BCUT2D eigenvalue weighted by Gasteiger charge is 2.20. The van der Waals surface area contributed by atoms with Gasteiger partial charge in [-0.3, -0.25) is 4.98 Å². The predicted molar refractivity (Wildman–Crippen MR) is 108 cm³/mol. The van der Waals surface area contributed by atoms with Crippen LogP contribution in [0.25, 0.3) is 21.6 Å². The Morgan fingerprint density at radius 1 is 1.42 bits per heavy atom. The molecule has 0 aliphatic carbocycles. The number of fused-ring (bicyclic) bond motifs is 1. The fraction of sp³-hybridized carbons (Fsp3) is 0.333. The summed E-state index contributed by atoms with van der Waals surface area (Å²) in [5.41, 5.74) is 0.805. The molecule has 0 spiro atoms. The first-order valence-corrected chi connectivity index (χ1v) is 10.5. The topological polar surface area (TPSA) is 88.0 Å². The van der Waals surface area contributed by atoms with Crippen molar-refractivity contribution in [3.05, 3.63) is 35.5 Å². The first-order valence-electron chi connectivity index (χ1n) is 8.31. The minimum atomic E-state index is -0.875. The molecule has 3 aromatic heterocycles. The van der Waals surface area contributed by atoms with E-state index in [1.807, 2.05) is 24.5 Å². The van der Waals surface area contributed by atoms with Gasteiger partial charge in [0.05, 0.1) is 5.39 Å². The highest BCUT2D eigenvalue weighted by Crippen LogP contribution is 2.32. The summed E-state index contributed by atoms with van der Waals surface area (Å²) in [4.78, 5) is 27.1. The Bertz CT molecular complexity index is 899. The van der Waals surface area contributed by atoms with Crippen molar-refractivity contribution in [3.8, 4) is 11.4 Å². The van der Waals surface area contributed by atoms with Gasteiger partial charge in [-0.05, 0) is 43.0 Å². The first kappa shape index (κ1) is 18.6. The van der Waals surface area contributed by atoms with Crippen LogP contribution in [0.5, 0.6) is 0 Å². The van der Waals surface area contributed by atoms with E-state index in [2.05, 4.69) is 27.2 Å². The van der Waals surface area contributed by atoms with Crippen LogP contribution in [-0.2, 0) is 11.2 Å². The lowest BCUT2D eigenvalue weighted by Gasteiger charge is -2.16. The van der Waals surface area contributed by atoms with Crippen LogP contribution < -0.4 is 5.32 Å². The van der Waals surface area contributed by atoms with Crippen LogP contribution in [0.3, 0.4) is 0 Å². The van der Waals surface area contributed by atoms with Crippen molar-refractivity contribution >= 4 is 45.1 Å². The number of thiophene rings is 1. The van der Waals surface area contributed by atoms with Crippen molar-refractivity contribution < 1.29 is 9.90 Å². The van der Waals surface area contributed by atoms with Gasteiger partial charge in [-0.25, -0.2) is 14.8 Å². The molecule has 136 valence electrons. The number of carboxylic acid groups (broad SMARTS) is 1. The number of aliphatic carboxylic acids is 1. The molecule has 3 aromatic rings. The Labute approximate surface area is 160 Å². The van der Waals surface area contributed by atoms with Crippen molar-refractivity contribution in [2.75, 3.05) is 17.3 Å². The Hall–Kier alpha value is -2.19. The summed E-state index contributed by atoms with van der Waals surface area (Å²) in [6.07, 6.45) is 6.80. The van der Waals surface area contributed by atoms with Crippen molar-refractivity contribution in [1.82, 2.24) is 15.0 Å². The van der Waals surface area contributed by atoms with Crippen molar-refractivity contribution in [2.24, 2.45) is 0 Å². The van der Waals surface area contributed by atoms with E-state index in [0.29, 0.717) is 18.1 Å². The van der Waals surface area contributed by atoms with Crippen LogP contribution in [0.15, 0.2) is 30.6 Å². The van der Waals surface area contributed by atoms with Gasteiger partial charge in [-0.15, -0.1) is 11.3 Å². The normalized spacial score (nSPS) is 12.2. The molecule has 3 heterocycles. The van der Waals surface area contributed by atoms with E-state index in [4.69, 9.17) is 0 Å². The molecule has 0 fully saturated rings. The molecule has 2 N–H and O–H groups in total. The van der Waals surface area contributed by atoms with Crippen molar-refractivity contribution in [3.63, 3.8) is 0 Å². The Kier molecular flexibility index (Phi) is 6.05. The second kappa shape index (κ2) is 8.46. The lowest BCUT2D eigenvalue weighted by Crippen LogP contribution is -2.30. The molecule has 6 nitrogen and oxygen atoms in total. The SMILES string of the molecule is CCc1cc2c(NC(CCSC)C(=O)O)nc(-c3cccnc3)nc2s1. The summed E-state index contributed by atoms with van der Waals surface area (Å²) in [6, 6.07) is 5.09. The Balaban J connectivity index is 2.06. The number of aryl methyl sites for hydroxylation is 1. The van der Waals surface area contributed by atoms with Gasteiger partial charge in [0.15, 0.2) is 5.82 Å². The first-order chi connectivity index (χ1) is 12.6. The van der Waals surface area contributed by atoms with E-state index >= 15 is 0 Å². The number of nitrogens with one attached hydrogen (secondary N) is 1. The highest BCUT2D eigenvalue weighted by molar-refractivity contribution is 7.98. The summed E-state index contributed by atoms with van der Waals surface area (Å²) < 4.78 is 0. The second-order valence-electron chi connectivity index (χ2n) is 5.74. The molecule has 1 atom stereocenters. The number of carbonyl (C=O) groups is 1. The largest absolute Gasteiger partial charge is 0.480 e. The molecule has 0 aliphatic heterocycles. The minimum Gasteiger partial charge on any atom is -0.480 e. The second-order valence-corrected chi connectivity index (χ2v) is 7.84. The number of thioether (sulfide) groups is 1. The number of hydrogen-bond donors (Lipinski definition) is 2. The lowest BCUT2D eigenvalue weighted by molar-refractivity contribution is -0.137. The average Bonchev–Trinajstić information content (AvgIpc) is 3.09. The molecule has 3 rings (SSSR count). The summed E-state index contributed by atoms with van der Waals surface area (Å²) in [6.45, 7) is 2.09. The number of rotatable bonds is 8. The molecule has 0 saturated heterocycles. The van der Waals surface area contributed by atoms with Crippen LogP contribution in [-0.4, -0.2) is 44.1 Å². The van der Waals surface area contributed by atoms with Crippen molar-refractivity contribution in [2.45, 2.75) is 25.8 Å². The van der Waals surface area contributed by atoms with Gasteiger partial charge in [0.1, 0.15) is 16.7 Å². The quantitative estimate of drug-likeness (QED) is 0.604. The zero-order valence-corrected chi connectivity index (χ0v) is 16.2.